The van der Waals surface area contributed by atoms with Gasteiger partial charge < -0.3 is 10.3 Å². The molecule has 0 bridgehead atoms. The molecule has 0 spiro atoms. The normalized spacial score (nSPS) is 12.4. The minimum absolute atomic E-state index is 0.0434. The van der Waals surface area contributed by atoms with Crippen molar-refractivity contribution in [1.82, 2.24) is 4.57 Å². The summed E-state index contributed by atoms with van der Waals surface area (Å²) in [7, 11) is 0. The van der Waals surface area contributed by atoms with E-state index in [1.165, 1.54) is 11.1 Å². The van der Waals surface area contributed by atoms with Gasteiger partial charge in [-0.15, -0.1) is 0 Å². The highest BCUT2D eigenvalue weighted by molar-refractivity contribution is 5.65. The molecule has 0 fully saturated rings. The van der Waals surface area contributed by atoms with Crippen molar-refractivity contribution in [2.75, 3.05) is 0 Å². The van der Waals surface area contributed by atoms with Crippen LogP contribution in [0.3, 0.4) is 0 Å². The van der Waals surface area contributed by atoms with Crippen molar-refractivity contribution < 1.29 is 0 Å². The van der Waals surface area contributed by atoms with Crippen molar-refractivity contribution in [3.8, 4) is 11.3 Å². The van der Waals surface area contributed by atoms with Crippen molar-refractivity contribution in [2.24, 2.45) is 5.73 Å². The van der Waals surface area contributed by atoms with Crippen LogP contribution in [0.15, 0.2) is 35.1 Å². The molecule has 22 heavy (non-hydrogen) atoms. The van der Waals surface area contributed by atoms with Crippen molar-refractivity contribution >= 4 is 0 Å². The summed E-state index contributed by atoms with van der Waals surface area (Å²) < 4.78 is 1.89. The maximum absolute atomic E-state index is 12.8. The van der Waals surface area contributed by atoms with Crippen LogP contribution < -0.4 is 11.3 Å². The molecule has 0 aliphatic rings. The zero-order valence-electron chi connectivity index (χ0n) is 14.0. The molecule has 0 saturated carbocycles. The predicted octanol–water partition coefficient (Wildman–Crippen LogP) is 3.95. The highest BCUT2D eigenvalue weighted by Gasteiger charge is 2.14. The van der Waals surface area contributed by atoms with Crippen LogP contribution in [-0.2, 0) is 6.54 Å². The quantitative estimate of drug-likeness (QED) is 0.908. The fraction of sp³-hybridized carbons (Fsp3) is 0.421. The Morgan fingerprint density at radius 2 is 1.91 bits per heavy atom. The summed E-state index contributed by atoms with van der Waals surface area (Å²) in [6.45, 7) is 8.89. The van der Waals surface area contributed by atoms with Crippen LogP contribution in [0.5, 0.6) is 0 Å². The second kappa shape index (κ2) is 6.93. The highest BCUT2D eigenvalue weighted by Crippen LogP contribution is 2.25. The second-order valence-corrected chi connectivity index (χ2v) is 6.09. The SMILES string of the molecule is CCCCn1c(-c2cc(C)ccc2C)ccc(C(C)N)c1=O. The van der Waals surface area contributed by atoms with Crippen LogP contribution in [0.4, 0.5) is 0 Å². The molecule has 1 heterocycles. The van der Waals surface area contributed by atoms with Gasteiger partial charge in [-0.2, -0.15) is 0 Å². The number of aromatic nitrogens is 1. The van der Waals surface area contributed by atoms with E-state index in [9.17, 15) is 4.79 Å². The first kappa shape index (κ1) is 16.5. The van der Waals surface area contributed by atoms with Crippen molar-refractivity contribution in [1.29, 1.82) is 0 Å². The molecule has 0 radical (unpaired) electrons. The smallest absolute Gasteiger partial charge is 0.255 e. The Labute approximate surface area is 132 Å². The lowest BCUT2D eigenvalue weighted by Gasteiger charge is -2.17. The summed E-state index contributed by atoms with van der Waals surface area (Å²) in [5, 5.41) is 0. The Balaban J connectivity index is 2.67. The zero-order valence-corrected chi connectivity index (χ0v) is 14.0. The first-order valence-corrected chi connectivity index (χ1v) is 8.02. The van der Waals surface area contributed by atoms with Gasteiger partial charge in [0.25, 0.3) is 5.56 Å². The van der Waals surface area contributed by atoms with E-state index in [-0.39, 0.29) is 11.6 Å². The largest absolute Gasteiger partial charge is 0.324 e. The Kier molecular flexibility index (Phi) is 5.19. The molecule has 0 saturated heterocycles. The minimum atomic E-state index is -0.243. The zero-order chi connectivity index (χ0) is 16.3. The number of rotatable bonds is 5. The summed E-state index contributed by atoms with van der Waals surface area (Å²) in [5.41, 5.74) is 11.2. The number of hydrogen-bond donors (Lipinski definition) is 1. The summed E-state index contributed by atoms with van der Waals surface area (Å²) in [4.78, 5) is 12.8. The molecular formula is C19H26N2O. The molecule has 1 atom stereocenters. The van der Waals surface area contributed by atoms with Gasteiger partial charge in [-0.05, 0) is 51.0 Å². The minimum Gasteiger partial charge on any atom is -0.324 e. The number of pyridine rings is 1. The van der Waals surface area contributed by atoms with Crippen LogP contribution in [0.25, 0.3) is 11.3 Å². The molecule has 2 rings (SSSR count). The van der Waals surface area contributed by atoms with E-state index in [2.05, 4.69) is 39.0 Å². The third-order valence-corrected chi connectivity index (χ3v) is 4.10. The van der Waals surface area contributed by atoms with Crippen LogP contribution >= 0.6 is 0 Å². The van der Waals surface area contributed by atoms with Gasteiger partial charge in [0, 0.05) is 23.7 Å². The maximum atomic E-state index is 12.8. The molecule has 2 N–H and O–H groups in total. The standard InChI is InChI=1S/C19H26N2O/c1-5-6-11-21-18(10-9-16(15(4)20)19(21)22)17-12-13(2)7-8-14(17)3/h7-10,12,15H,5-6,11,20H2,1-4H3. The fourth-order valence-electron chi connectivity index (χ4n) is 2.73. The van der Waals surface area contributed by atoms with E-state index in [4.69, 9.17) is 5.73 Å². The van der Waals surface area contributed by atoms with Gasteiger partial charge >= 0.3 is 0 Å². The monoisotopic (exact) mass is 298 g/mol. The molecule has 0 aliphatic heterocycles. The van der Waals surface area contributed by atoms with Gasteiger partial charge in [0.2, 0.25) is 0 Å². The van der Waals surface area contributed by atoms with Crippen molar-refractivity contribution in [2.45, 2.75) is 53.1 Å². The van der Waals surface area contributed by atoms with Crippen LogP contribution in [-0.4, -0.2) is 4.57 Å². The molecule has 1 aromatic heterocycles. The molecule has 118 valence electrons. The van der Waals surface area contributed by atoms with E-state index in [1.54, 1.807) is 0 Å². The van der Waals surface area contributed by atoms with Gasteiger partial charge in [-0.3, -0.25) is 4.79 Å². The number of unbranched alkanes of at least 4 members (excludes halogenated alkanes) is 1. The lowest BCUT2D eigenvalue weighted by molar-refractivity contribution is 0.607. The number of benzene rings is 1. The predicted molar refractivity (Wildman–Crippen MR) is 93.1 cm³/mol. The number of nitrogens with two attached hydrogens (primary N) is 1. The third-order valence-electron chi connectivity index (χ3n) is 4.10. The van der Waals surface area contributed by atoms with Crippen LogP contribution in [0.2, 0.25) is 0 Å². The Hall–Kier alpha value is -1.87. The summed E-state index contributed by atoms with van der Waals surface area (Å²) in [5.74, 6) is 0. The fourth-order valence-corrected chi connectivity index (χ4v) is 2.73. The maximum Gasteiger partial charge on any atom is 0.255 e. The van der Waals surface area contributed by atoms with E-state index in [0.29, 0.717) is 5.56 Å². The van der Waals surface area contributed by atoms with Crippen LogP contribution in [0.1, 0.15) is 49.4 Å². The summed E-state index contributed by atoms with van der Waals surface area (Å²) >= 11 is 0. The van der Waals surface area contributed by atoms with Gasteiger partial charge in [-0.25, -0.2) is 0 Å². The van der Waals surface area contributed by atoms with Gasteiger partial charge in [0.15, 0.2) is 0 Å². The second-order valence-electron chi connectivity index (χ2n) is 6.09. The number of nitrogens with zero attached hydrogens (tertiary/aromatic N) is 1. The third kappa shape index (κ3) is 3.30. The Morgan fingerprint density at radius 1 is 1.18 bits per heavy atom. The number of hydrogen-bond acceptors (Lipinski definition) is 2. The average molecular weight is 298 g/mol. The van der Waals surface area contributed by atoms with Gasteiger partial charge in [0.1, 0.15) is 0 Å². The van der Waals surface area contributed by atoms with Gasteiger partial charge in [0.05, 0.1) is 5.69 Å². The molecule has 0 aliphatic carbocycles. The molecule has 3 nitrogen and oxygen atoms in total. The molecule has 2 aromatic rings. The first-order valence-electron chi connectivity index (χ1n) is 8.02. The van der Waals surface area contributed by atoms with Crippen molar-refractivity contribution in [3.63, 3.8) is 0 Å². The molecule has 3 heteroatoms. The van der Waals surface area contributed by atoms with E-state index in [0.717, 1.165) is 30.6 Å². The van der Waals surface area contributed by atoms with Gasteiger partial charge in [-0.1, -0.05) is 31.0 Å². The first-order chi connectivity index (χ1) is 10.5. The number of aryl methyl sites for hydroxylation is 2. The highest BCUT2D eigenvalue weighted by atomic mass is 16.1. The molecule has 1 unspecified atom stereocenters. The van der Waals surface area contributed by atoms with E-state index >= 15 is 0 Å². The molecule has 1 aromatic carbocycles. The lowest BCUT2D eigenvalue weighted by Crippen LogP contribution is -2.28. The Morgan fingerprint density at radius 3 is 2.55 bits per heavy atom. The average Bonchev–Trinajstić information content (AvgIpc) is 2.48. The molecular weight excluding hydrogens is 272 g/mol. The lowest BCUT2D eigenvalue weighted by atomic mass is 10.0. The van der Waals surface area contributed by atoms with E-state index < -0.39 is 0 Å². The van der Waals surface area contributed by atoms with E-state index in [1.807, 2.05) is 23.6 Å². The summed E-state index contributed by atoms with van der Waals surface area (Å²) in [6, 6.07) is 10.0. The van der Waals surface area contributed by atoms with Crippen LogP contribution in [0, 0.1) is 13.8 Å². The Bertz CT molecular complexity index is 714. The van der Waals surface area contributed by atoms with Crippen molar-refractivity contribution in [3.05, 3.63) is 57.4 Å². The topological polar surface area (TPSA) is 48.0 Å². The summed E-state index contributed by atoms with van der Waals surface area (Å²) in [6.07, 6.45) is 2.04. The molecule has 0 amide bonds.